The lowest BCUT2D eigenvalue weighted by atomic mass is 10.1. The molecule has 0 saturated carbocycles. The van der Waals surface area contributed by atoms with E-state index in [1.807, 2.05) is 6.92 Å². The maximum absolute atomic E-state index is 12.4. The number of rotatable bonds is 9. The Kier molecular flexibility index (Phi) is 6.94. The molecule has 0 bridgehead atoms. The Balaban J connectivity index is 2.70. The molecule has 1 amide bonds. The van der Waals surface area contributed by atoms with Gasteiger partial charge in [0.05, 0.1) is 11.5 Å². The third kappa shape index (κ3) is 5.59. The molecular weight excluding hydrogens is 274 g/mol. The van der Waals surface area contributed by atoms with Crippen LogP contribution in [0.5, 0.6) is 0 Å². The van der Waals surface area contributed by atoms with Gasteiger partial charge in [-0.2, -0.15) is 0 Å². The van der Waals surface area contributed by atoms with Gasteiger partial charge < -0.3 is 19.2 Å². The highest BCUT2D eigenvalue weighted by Gasteiger charge is 2.22. The van der Waals surface area contributed by atoms with E-state index in [-0.39, 0.29) is 12.5 Å². The Morgan fingerprint density at radius 2 is 2.19 bits per heavy atom. The summed E-state index contributed by atoms with van der Waals surface area (Å²) in [6, 6.07) is 1.66. The van der Waals surface area contributed by atoms with E-state index in [9.17, 15) is 9.59 Å². The van der Waals surface area contributed by atoms with Crippen molar-refractivity contribution >= 4 is 11.9 Å². The molecule has 1 unspecified atom stereocenters. The Morgan fingerprint density at radius 3 is 2.71 bits per heavy atom. The molecule has 0 aromatic carbocycles. The molecule has 21 heavy (non-hydrogen) atoms. The number of carbonyl (C=O) groups excluding carboxylic acids is 1. The number of hydrogen-bond donors (Lipinski definition) is 1. The average molecular weight is 297 g/mol. The van der Waals surface area contributed by atoms with Crippen LogP contribution >= 0.6 is 0 Å². The summed E-state index contributed by atoms with van der Waals surface area (Å²) >= 11 is 0. The topological polar surface area (TPSA) is 80.0 Å². The summed E-state index contributed by atoms with van der Waals surface area (Å²) in [6.07, 6.45) is 2.07. The minimum atomic E-state index is -0.916. The predicted octanol–water partition coefficient (Wildman–Crippen LogP) is 2.18. The highest BCUT2D eigenvalue weighted by molar-refractivity contribution is 5.94. The number of ether oxygens (including phenoxy) is 1. The van der Waals surface area contributed by atoms with E-state index in [1.165, 1.54) is 6.26 Å². The second-order valence-electron chi connectivity index (χ2n) is 4.99. The molecule has 1 aromatic rings. The predicted molar refractivity (Wildman–Crippen MR) is 77.3 cm³/mol. The summed E-state index contributed by atoms with van der Waals surface area (Å²) in [4.78, 5) is 24.9. The van der Waals surface area contributed by atoms with Gasteiger partial charge in [-0.05, 0) is 26.3 Å². The standard InChI is InChI=1S/C15H23NO5/c1-4-20-7-5-6-16(9-11(2)15(18)19)14(17)13-8-12(3)21-10-13/h8,10-11H,4-7,9H2,1-3H3,(H,18,19). The number of hydrogen-bond acceptors (Lipinski definition) is 4. The normalized spacial score (nSPS) is 12.1. The zero-order chi connectivity index (χ0) is 15.8. The van der Waals surface area contributed by atoms with Crippen LogP contribution in [0.3, 0.4) is 0 Å². The van der Waals surface area contributed by atoms with Crippen molar-refractivity contribution in [2.75, 3.05) is 26.3 Å². The van der Waals surface area contributed by atoms with E-state index in [0.29, 0.717) is 37.5 Å². The molecule has 1 atom stereocenters. The van der Waals surface area contributed by atoms with Crippen LogP contribution in [0.4, 0.5) is 0 Å². The lowest BCUT2D eigenvalue weighted by Crippen LogP contribution is -2.37. The van der Waals surface area contributed by atoms with E-state index < -0.39 is 11.9 Å². The van der Waals surface area contributed by atoms with Crippen LogP contribution in [-0.2, 0) is 9.53 Å². The number of carboxylic acid groups (broad SMARTS) is 1. The van der Waals surface area contributed by atoms with Gasteiger partial charge in [-0.15, -0.1) is 0 Å². The largest absolute Gasteiger partial charge is 0.481 e. The number of amides is 1. The molecule has 0 saturated heterocycles. The molecule has 0 aliphatic carbocycles. The SMILES string of the molecule is CCOCCCN(CC(C)C(=O)O)C(=O)c1coc(C)c1. The fraction of sp³-hybridized carbons (Fsp3) is 0.600. The van der Waals surface area contributed by atoms with Crippen LogP contribution < -0.4 is 0 Å². The van der Waals surface area contributed by atoms with Crippen LogP contribution in [0.25, 0.3) is 0 Å². The van der Waals surface area contributed by atoms with Crippen LogP contribution in [0.2, 0.25) is 0 Å². The molecule has 1 aromatic heterocycles. The average Bonchev–Trinajstić information content (AvgIpc) is 2.87. The Hall–Kier alpha value is -1.82. The monoisotopic (exact) mass is 297 g/mol. The summed E-state index contributed by atoms with van der Waals surface area (Å²) in [6.45, 7) is 7.06. The molecule has 6 nitrogen and oxygen atoms in total. The highest BCUT2D eigenvalue weighted by atomic mass is 16.5. The van der Waals surface area contributed by atoms with E-state index in [0.717, 1.165) is 0 Å². The van der Waals surface area contributed by atoms with Gasteiger partial charge in [-0.1, -0.05) is 6.92 Å². The van der Waals surface area contributed by atoms with Crippen molar-refractivity contribution in [3.8, 4) is 0 Å². The van der Waals surface area contributed by atoms with Gasteiger partial charge in [0.25, 0.3) is 5.91 Å². The summed E-state index contributed by atoms with van der Waals surface area (Å²) in [7, 11) is 0. The number of furan rings is 1. The summed E-state index contributed by atoms with van der Waals surface area (Å²) < 4.78 is 10.4. The Labute approximate surface area is 124 Å². The van der Waals surface area contributed by atoms with Crippen molar-refractivity contribution in [3.63, 3.8) is 0 Å². The van der Waals surface area contributed by atoms with Crippen molar-refractivity contribution in [3.05, 3.63) is 23.7 Å². The molecular formula is C15H23NO5. The number of carboxylic acids is 1. The first-order chi connectivity index (χ1) is 9.95. The van der Waals surface area contributed by atoms with Crippen LogP contribution in [0.15, 0.2) is 16.7 Å². The van der Waals surface area contributed by atoms with E-state index in [4.69, 9.17) is 14.3 Å². The number of aryl methyl sites for hydroxylation is 1. The molecule has 0 radical (unpaired) electrons. The van der Waals surface area contributed by atoms with E-state index >= 15 is 0 Å². The third-order valence-electron chi connectivity index (χ3n) is 3.10. The molecule has 1 heterocycles. The van der Waals surface area contributed by atoms with Gasteiger partial charge in [0.1, 0.15) is 12.0 Å². The maximum atomic E-state index is 12.4. The van der Waals surface area contributed by atoms with Crippen LogP contribution in [0, 0.1) is 12.8 Å². The van der Waals surface area contributed by atoms with Crippen LogP contribution in [-0.4, -0.2) is 48.2 Å². The van der Waals surface area contributed by atoms with E-state index in [1.54, 1.807) is 24.8 Å². The summed E-state index contributed by atoms with van der Waals surface area (Å²) in [5.41, 5.74) is 0.446. The fourth-order valence-electron chi connectivity index (χ4n) is 1.92. The molecule has 0 aliphatic rings. The Bertz CT molecular complexity index is 468. The summed E-state index contributed by atoms with van der Waals surface area (Å²) in [5.74, 6) is -1.09. The van der Waals surface area contributed by atoms with Crippen molar-refractivity contribution in [1.29, 1.82) is 0 Å². The maximum Gasteiger partial charge on any atom is 0.308 e. The second kappa shape index (κ2) is 8.46. The van der Waals surface area contributed by atoms with Crippen molar-refractivity contribution < 1.29 is 23.8 Å². The highest BCUT2D eigenvalue weighted by Crippen LogP contribution is 2.12. The molecule has 1 N–H and O–H groups in total. The molecule has 118 valence electrons. The van der Waals surface area contributed by atoms with E-state index in [2.05, 4.69) is 0 Å². The molecule has 0 aliphatic heterocycles. The fourth-order valence-corrected chi connectivity index (χ4v) is 1.92. The van der Waals surface area contributed by atoms with Crippen molar-refractivity contribution in [2.45, 2.75) is 27.2 Å². The number of aliphatic carboxylic acids is 1. The molecule has 6 heteroatoms. The smallest absolute Gasteiger partial charge is 0.308 e. The number of carbonyl (C=O) groups is 2. The first kappa shape index (κ1) is 17.2. The molecule has 1 rings (SSSR count). The lowest BCUT2D eigenvalue weighted by molar-refractivity contribution is -0.141. The molecule has 0 spiro atoms. The third-order valence-corrected chi connectivity index (χ3v) is 3.10. The minimum absolute atomic E-state index is 0.171. The number of nitrogens with zero attached hydrogens (tertiary/aromatic N) is 1. The van der Waals surface area contributed by atoms with Gasteiger partial charge in [-0.3, -0.25) is 9.59 Å². The van der Waals surface area contributed by atoms with Gasteiger partial charge in [0.15, 0.2) is 0 Å². The van der Waals surface area contributed by atoms with Gasteiger partial charge in [0.2, 0.25) is 0 Å². The Morgan fingerprint density at radius 1 is 1.48 bits per heavy atom. The van der Waals surface area contributed by atoms with Gasteiger partial charge in [-0.25, -0.2) is 0 Å². The van der Waals surface area contributed by atoms with Crippen molar-refractivity contribution in [1.82, 2.24) is 4.90 Å². The van der Waals surface area contributed by atoms with Crippen molar-refractivity contribution in [2.24, 2.45) is 5.92 Å². The second-order valence-corrected chi connectivity index (χ2v) is 4.99. The minimum Gasteiger partial charge on any atom is -0.481 e. The zero-order valence-corrected chi connectivity index (χ0v) is 12.8. The van der Waals surface area contributed by atoms with Gasteiger partial charge in [0, 0.05) is 26.3 Å². The summed E-state index contributed by atoms with van der Waals surface area (Å²) in [5, 5.41) is 9.02. The zero-order valence-electron chi connectivity index (χ0n) is 12.8. The van der Waals surface area contributed by atoms with Crippen LogP contribution in [0.1, 0.15) is 36.4 Å². The quantitative estimate of drug-likeness (QED) is 0.707. The lowest BCUT2D eigenvalue weighted by Gasteiger charge is -2.24. The molecule has 0 fully saturated rings. The first-order valence-electron chi connectivity index (χ1n) is 7.10. The van der Waals surface area contributed by atoms with Gasteiger partial charge >= 0.3 is 5.97 Å². The first-order valence-corrected chi connectivity index (χ1v) is 7.10.